The van der Waals surface area contributed by atoms with Crippen molar-refractivity contribution >= 4 is 40.3 Å². The van der Waals surface area contributed by atoms with E-state index in [1.165, 1.54) is 0 Å². The Balaban J connectivity index is 1.79. The van der Waals surface area contributed by atoms with Gasteiger partial charge in [0.15, 0.2) is 0 Å². The largest absolute Gasteiger partial charge is 0.356 e. The highest BCUT2D eigenvalue weighted by molar-refractivity contribution is 6.38. The van der Waals surface area contributed by atoms with E-state index in [-0.39, 0.29) is 18.2 Å². The van der Waals surface area contributed by atoms with Crippen molar-refractivity contribution in [1.82, 2.24) is 26.3 Å². The summed E-state index contributed by atoms with van der Waals surface area (Å²) in [5.41, 5.74) is 0.449. The van der Waals surface area contributed by atoms with E-state index in [0.29, 0.717) is 25.1 Å². The molecule has 1 aliphatic rings. The first-order valence-electron chi connectivity index (χ1n) is 13.2. The van der Waals surface area contributed by atoms with Crippen molar-refractivity contribution in [2.45, 2.75) is 77.9 Å². The number of para-hydroxylation sites is 1. The lowest BCUT2D eigenvalue weighted by Crippen LogP contribution is -2.56. The first-order valence-corrected chi connectivity index (χ1v) is 13.2. The van der Waals surface area contributed by atoms with Crippen molar-refractivity contribution in [2.24, 2.45) is 11.8 Å². The second-order valence-corrected chi connectivity index (χ2v) is 11.4. The molecule has 0 spiro atoms. The fourth-order valence-corrected chi connectivity index (χ4v) is 4.54. The average Bonchev–Trinajstić information content (AvgIpc) is 3.27. The first-order chi connectivity index (χ1) is 17.8. The third-order valence-electron chi connectivity index (χ3n) is 6.37. The van der Waals surface area contributed by atoms with E-state index in [0.717, 1.165) is 17.3 Å². The van der Waals surface area contributed by atoms with E-state index in [1.807, 2.05) is 38.1 Å². The molecule has 1 saturated heterocycles. The fraction of sp³-hybridized carbons (Fsp3) is 0.536. The van der Waals surface area contributed by atoms with E-state index in [4.69, 9.17) is 0 Å². The number of H-pyrrole nitrogens is 1. The van der Waals surface area contributed by atoms with Crippen LogP contribution in [0.5, 0.6) is 0 Å². The maximum Gasteiger partial charge on any atom is 0.290 e. The van der Waals surface area contributed by atoms with Crippen LogP contribution < -0.4 is 21.3 Å². The second kappa shape index (κ2) is 12.2. The summed E-state index contributed by atoms with van der Waals surface area (Å²) in [7, 11) is 0. The lowest BCUT2D eigenvalue weighted by Gasteiger charge is -2.28. The van der Waals surface area contributed by atoms with Crippen LogP contribution in [-0.4, -0.2) is 58.6 Å². The van der Waals surface area contributed by atoms with Crippen LogP contribution in [-0.2, 0) is 19.2 Å². The molecule has 38 heavy (non-hydrogen) atoms. The molecule has 2 aromatic rings. The zero-order valence-electron chi connectivity index (χ0n) is 22.8. The number of rotatable bonds is 10. The lowest BCUT2D eigenvalue weighted by atomic mass is 9.89. The maximum atomic E-state index is 13.4. The molecule has 5 N–H and O–H groups in total. The smallest absolute Gasteiger partial charge is 0.290 e. The highest BCUT2D eigenvalue weighted by Gasteiger charge is 2.36. The Bertz CT molecular complexity index is 1160. The Hall–Kier alpha value is -3.69. The fourth-order valence-electron chi connectivity index (χ4n) is 4.54. The molecule has 1 aromatic carbocycles. The Morgan fingerprint density at radius 2 is 1.76 bits per heavy atom. The number of Topliss-reactive ketones (excluding diaryl/α,β-unsaturated/α-hetero) is 1. The number of carbonyl (C=O) groups is 5. The summed E-state index contributed by atoms with van der Waals surface area (Å²) in [6.07, 6.45) is 1.62. The summed E-state index contributed by atoms with van der Waals surface area (Å²) in [4.78, 5) is 67.8. The van der Waals surface area contributed by atoms with Crippen molar-refractivity contribution in [3.63, 3.8) is 0 Å². The average molecular weight is 526 g/mol. The number of amides is 4. The van der Waals surface area contributed by atoms with Gasteiger partial charge >= 0.3 is 0 Å². The third kappa shape index (κ3) is 7.90. The summed E-state index contributed by atoms with van der Waals surface area (Å²) in [6.45, 7) is 9.64. The topological polar surface area (TPSA) is 149 Å². The van der Waals surface area contributed by atoms with Crippen LogP contribution in [0.4, 0.5) is 0 Å². The summed E-state index contributed by atoms with van der Waals surface area (Å²) in [5.74, 6) is -3.35. The molecule has 0 bridgehead atoms. The quantitative estimate of drug-likeness (QED) is 0.302. The normalized spacial score (nSPS) is 17.4. The van der Waals surface area contributed by atoms with Gasteiger partial charge in [-0.25, -0.2) is 0 Å². The van der Waals surface area contributed by atoms with Gasteiger partial charge in [0.05, 0.1) is 6.04 Å². The lowest BCUT2D eigenvalue weighted by molar-refractivity contribution is -0.142. The van der Waals surface area contributed by atoms with Gasteiger partial charge in [-0.3, -0.25) is 24.0 Å². The number of aromatic amines is 1. The molecule has 206 valence electrons. The van der Waals surface area contributed by atoms with Crippen LogP contribution in [0.1, 0.15) is 70.8 Å². The van der Waals surface area contributed by atoms with E-state index >= 15 is 0 Å². The predicted molar refractivity (Wildman–Crippen MR) is 144 cm³/mol. The third-order valence-corrected chi connectivity index (χ3v) is 6.37. The van der Waals surface area contributed by atoms with Crippen molar-refractivity contribution in [3.8, 4) is 0 Å². The van der Waals surface area contributed by atoms with Gasteiger partial charge in [-0.2, -0.15) is 0 Å². The van der Waals surface area contributed by atoms with Gasteiger partial charge in [-0.05, 0) is 64.5 Å². The molecular formula is C28H39N5O5. The van der Waals surface area contributed by atoms with Crippen molar-refractivity contribution in [3.05, 3.63) is 36.0 Å². The molecule has 10 heteroatoms. The van der Waals surface area contributed by atoms with Crippen LogP contribution in [0.3, 0.4) is 0 Å². The highest BCUT2D eigenvalue weighted by atomic mass is 16.2. The summed E-state index contributed by atoms with van der Waals surface area (Å²) >= 11 is 0. The van der Waals surface area contributed by atoms with Gasteiger partial charge in [0.25, 0.3) is 11.8 Å². The summed E-state index contributed by atoms with van der Waals surface area (Å²) < 4.78 is 0. The molecule has 1 aliphatic heterocycles. The zero-order chi connectivity index (χ0) is 28.0. The van der Waals surface area contributed by atoms with Gasteiger partial charge in [-0.1, -0.05) is 32.0 Å². The number of aromatic nitrogens is 1. The molecule has 3 rings (SSSR count). The molecule has 2 heterocycles. The standard InChI is InChI=1S/C28H39N5O5/c1-16(2)13-21(32-26(37)22-14-17-9-6-7-11-19(17)30-22)25(36)31-20(15-18-10-8-12-29-24(18)35)23(34)27(38)33-28(3,4)5/h6-7,9,11,14,16,18,20-21,30H,8,10,12-13,15H2,1-5H3,(H,29,35)(H,31,36)(H,32,37)(H,33,38)/t18-,20?,21-/m0/s1. The van der Waals surface area contributed by atoms with Crippen molar-refractivity contribution in [2.75, 3.05) is 6.54 Å². The summed E-state index contributed by atoms with van der Waals surface area (Å²) in [5, 5.41) is 11.7. The minimum Gasteiger partial charge on any atom is -0.356 e. The number of benzene rings is 1. The number of carbonyl (C=O) groups excluding carboxylic acids is 5. The van der Waals surface area contributed by atoms with Gasteiger partial charge in [-0.15, -0.1) is 0 Å². The number of hydrogen-bond acceptors (Lipinski definition) is 5. The van der Waals surface area contributed by atoms with Gasteiger partial charge in [0.1, 0.15) is 11.7 Å². The monoisotopic (exact) mass is 525 g/mol. The van der Waals surface area contributed by atoms with Gasteiger partial charge < -0.3 is 26.3 Å². The number of hydrogen-bond donors (Lipinski definition) is 5. The molecule has 1 fully saturated rings. The molecule has 10 nitrogen and oxygen atoms in total. The van der Waals surface area contributed by atoms with E-state index < -0.39 is 47.0 Å². The van der Waals surface area contributed by atoms with Crippen molar-refractivity contribution in [1.29, 1.82) is 0 Å². The molecule has 0 saturated carbocycles. The molecule has 3 atom stereocenters. The molecular weight excluding hydrogens is 486 g/mol. The maximum absolute atomic E-state index is 13.4. The summed E-state index contributed by atoms with van der Waals surface area (Å²) in [6, 6.07) is 7.00. The van der Waals surface area contributed by atoms with E-state index in [1.54, 1.807) is 26.8 Å². The molecule has 1 aromatic heterocycles. The van der Waals surface area contributed by atoms with E-state index in [2.05, 4.69) is 26.3 Å². The number of nitrogens with one attached hydrogen (secondary N) is 5. The highest BCUT2D eigenvalue weighted by Crippen LogP contribution is 2.19. The van der Waals surface area contributed by atoms with Crippen molar-refractivity contribution < 1.29 is 24.0 Å². The van der Waals surface area contributed by atoms with Crippen LogP contribution >= 0.6 is 0 Å². The van der Waals surface area contributed by atoms with Crippen LogP contribution in [0.25, 0.3) is 10.9 Å². The first kappa shape index (κ1) is 28.9. The van der Waals surface area contributed by atoms with Crippen LogP contribution in [0.15, 0.2) is 30.3 Å². The molecule has 4 amide bonds. The van der Waals surface area contributed by atoms with Gasteiger partial charge in [0, 0.05) is 28.9 Å². The Morgan fingerprint density at radius 3 is 2.39 bits per heavy atom. The number of fused-ring (bicyclic) bond motifs is 1. The Labute approximate surface area is 223 Å². The predicted octanol–water partition coefficient (Wildman–Crippen LogP) is 2.20. The zero-order valence-corrected chi connectivity index (χ0v) is 22.8. The molecule has 1 unspecified atom stereocenters. The Kier molecular flexibility index (Phi) is 9.30. The number of piperidine rings is 1. The number of ketones is 1. The molecule has 0 radical (unpaired) electrons. The molecule has 0 aliphatic carbocycles. The van der Waals surface area contributed by atoms with E-state index in [9.17, 15) is 24.0 Å². The minimum atomic E-state index is -1.21. The Morgan fingerprint density at radius 1 is 1.05 bits per heavy atom. The van der Waals surface area contributed by atoms with Crippen LogP contribution in [0, 0.1) is 11.8 Å². The minimum absolute atomic E-state index is 0.00165. The SMILES string of the molecule is CC(C)C[C@H](NC(=O)c1cc2ccccc2[nH]1)C(=O)NC(C[C@@H]1CCCNC1=O)C(=O)C(=O)NC(C)(C)C. The van der Waals surface area contributed by atoms with Gasteiger partial charge in [0.2, 0.25) is 17.6 Å². The second-order valence-electron chi connectivity index (χ2n) is 11.4. The van der Waals surface area contributed by atoms with Crippen LogP contribution in [0.2, 0.25) is 0 Å².